The van der Waals surface area contributed by atoms with Crippen LogP contribution in [0.4, 0.5) is 0 Å². The van der Waals surface area contributed by atoms with E-state index in [1.807, 2.05) is 31.2 Å². The Kier molecular flexibility index (Phi) is 3.02. The molecule has 3 rings (SSSR count). The second kappa shape index (κ2) is 4.72. The predicted molar refractivity (Wildman–Crippen MR) is 77.8 cm³/mol. The molecule has 0 aliphatic rings. The van der Waals surface area contributed by atoms with Crippen LogP contribution in [0.15, 0.2) is 41.1 Å². The molecule has 0 bridgehead atoms. The molecule has 0 saturated carbocycles. The molecular formula is C14H10BrN3O2. The molecule has 0 aliphatic carbocycles. The Hall–Kier alpha value is -2.21. The van der Waals surface area contributed by atoms with Crippen molar-refractivity contribution in [2.45, 2.75) is 6.92 Å². The second-order valence-electron chi connectivity index (χ2n) is 4.35. The van der Waals surface area contributed by atoms with Crippen LogP contribution in [0.25, 0.3) is 16.8 Å². The molecule has 2 heterocycles. The predicted octanol–water partition coefficient (Wildman–Crippen LogP) is 3.17. The Morgan fingerprint density at radius 3 is 2.65 bits per heavy atom. The lowest BCUT2D eigenvalue weighted by Crippen LogP contribution is -1.96. The minimum Gasteiger partial charge on any atom is -0.476 e. The molecule has 6 heteroatoms. The number of fused-ring (bicyclic) bond motifs is 1. The van der Waals surface area contributed by atoms with Crippen molar-refractivity contribution in [3.05, 3.63) is 52.7 Å². The van der Waals surface area contributed by atoms with Crippen LogP contribution in [0.2, 0.25) is 0 Å². The van der Waals surface area contributed by atoms with Crippen molar-refractivity contribution in [1.82, 2.24) is 14.4 Å². The van der Waals surface area contributed by atoms with Gasteiger partial charge in [-0.1, -0.05) is 28.1 Å². The van der Waals surface area contributed by atoms with Crippen LogP contribution in [0, 0.1) is 6.92 Å². The van der Waals surface area contributed by atoms with E-state index >= 15 is 0 Å². The van der Waals surface area contributed by atoms with E-state index in [4.69, 9.17) is 5.11 Å². The summed E-state index contributed by atoms with van der Waals surface area (Å²) in [5.74, 6) is -0.351. The SMILES string of the molecule is Cc1ncc(-c2ccc(Br)cc2)c2nc(C(=O)O)cn12. The van der Waals surface area contributed by atoms with E-state index in [0.29, 0.717) is 11.5 Å². The first-order valence-corrected chi connectivity index (χ1v) is 6.69. The van der Waals surface area contributed by atoms with Crippen LogP contribution in [0.3, 0.4) is 0 Å². The third-order valence-corrected chi connectivity index (χ3v) is 3.58. The van der Waals surface area contributed by atoms with Crippen molar-refractivity contribution in [1.29, 1.82) is 0 Å². The molecule has 100 valence electrons. The highest BCUT2D eigenvalue weighted by Crippen LogP contribution is 2.25. The van der Waals surface area contributed by atoms with E-state index in [2.05, 4.69) is 25.9 Å². The molecule has 1 N–H and O–H groups in total. The number of carboxylic acids is 1. The van der Waals surface area contributed by atoms with Crippen LogP contribution < -0.4 is 0 Å². The van der Waals surface area contributed by atoms with Crippen molar-refractivity contribution in [3.8, 4) is 11.1 Å². The maximum atomic E-state index is 11.1. The van der Waals surface area contributed by atoms with Crippen LogP contribution >= 0.6 is 15.9 Å². The van der Waals surface area contributed by atoms with Crippen LogP contribution in [0.1, 0.15) is 16.3 Å². The molecular weight excluding hydrogens is 322 g/mol. The van der Waals surface area contributed by atoms with Gasteiger partial charge in [0.25, 0.3) is 0 Å². The highest BCUT2D eigenvalue weighted by Gasteiger charge is 2.14. The van der Waals surface area contributed by atoms with Gasteiger partial charge >= 0.3 is 5.97 Å². The minimum atomic E-state index is -1.05. The van der Waals surface area contributed by atoms with Crippen molar-refractivity contribution in [2.75, 3.05) is 0 Å². The first kappa shape index (κ1) is 12.8. The lowest BCUT2D eigenvalue weighted by molar-refractivity contribution is 0.0691. The highest BCUT2D eigenvalue weighted by molar-refractivity contribution is 9.10. The molecule has 1 aromatic carbocycles. The number of aryl methyl sites for hydroxylation is 1. The molecule has 0 aliphatic heterocycles. The average molecular weight is 332 g/mol. The summed E-state index contributed by atoms with van der Waals surface area (Å²) in [5, 5.41) is 9.07. The normalized spacial score (nSPS) is 10.9. The fourth-order valence-corrected chi connectivity index (χ4v) is 2.30. The lowest BCUT2D eigenvalue weighted by atomic mass is 10.1. The molecule has 3 aromatic rings. The van der Waals surface area contributed by atoms with Crippen molar-refractivity contribution >= 4 is 27.5 Å². The number of carboxylic acid groups (broad SMARTS) is 1. The van der Waals surface area contributed by atoms with Crippen molar-refractivity contribution in [3.63, 3.8) is 0 Å². The summed E-state index contributed by atoms with van der Waals surface area (Å²) in [6, 6.07) is 7.72. The van der Waals surface area contributed by atoms with E-state index in [1.54, 1.807) is 10.6 Å². The summed E-state index contributed by atoms with van der Waals surface area (Å²) in [6.07, 6.45) is 3.20. The Morgan fingerprint density at radius 2 is 2.00 bits per heavy atom. The molecule has 0 atom stereocenters. The topological polar surface area (TPSA) is 67.5 Å². The number of imidazole rings is 1. The summed E-state index contributed by atoms with van der Waals surface area (Å²) in [5.41, 5.74) is 2.35. The van der Waals surface area contributed by atoms with Crippen LogP contribution in [0.5, 0.6) is 0 Å². The van der Waals surface area contributed by atoms with E-state index in [-0.39, 0.29) is 5.69 Å². The van der Waals surface area contributed by atoms with Gasteiger partial charge in [-0.05, 0) is 24.6 Å². The standard InChI is InChI=1S/C14H10BrN3O2/c1-8-16-6-11(9-2-4-10(15)5-3-9)13-17-12(14(19)20)7-18(8)13/h2-7H,1H3,(H,19,20). The van der Waals surface area contributed by atoms with Crippen LogP contribution in [-0.2, 0) is 0 Å². The zero-order valence-corrected chi connectivity index (χ0v) is 12.1. The number of nitrogens with zero attached hydrogens (tertiary/aromatic N) is 3. The fraction of sp³-hybridized carbons (Fsp3) is 0.0714. The van der Waals surface area contributed by atoms with E-state index < -0.39 is 5.97 Å². The molecule has 0 spiro atoms. The van der Waals surface area contributed by atoms with Crippen molar-refractivity contribution in [2.24, 2.45) is 0 Å². The van der Waals surface area contributed by atoms with E-state index in [9.17, 15) is 4.79 Å². The minimum absolute atomic E-state index is 0.0134. The van der Waals surface area contributed by atoms with Gasteiger partial charge < -0.3 is 5.11 Å². The molecule has 0 fully saturated rings. The van der Waals surface area contributed by atoms with Gasteiger partial charge in [0.1, 0.15) is 11.5 Å². The summed E-state index contributed by atoms with van der Waals surface area (Å²) >= 11 is 3.39. The molecule has 20 heavy (non-hydrogen) atoms. The number of rotatable bonds is 2. The largest absolute Gasteiger partial charge is 0.476 e. The third kappa shape index (κ3) is 2.08. The van der Waals surface area contributed by atoms with Crippen molar-refractivity contribution < 1.29 is 9.90 Å². The molecule has 0 radical (unpaired) electrons. The summed E-state index contributed by atoms with van der Waals surface area (Å²) in [6.45, 7) is 1.81. The van der Waals surface area contributed by atoms with Gasteiger partial charge in [-0.2, -0.15) is 0 Å². The maximum Gasteiger partial charge on any atom is 0.356 e. The third-order valence-electron chi connectivity index (χ3n) is 3.05. The van der Waals surface area contributed by atoms with Gasteiger partial charge in [-0.3, -0.25) is 4.40 Å². The smallest absolute Gasteiger partial charge is 0.356 e. The Labute approximate surface area is 123 Å². The zero-order chi connectivity index (χ0) is 14.3. The number of carbonyl (C=O) groups is 1. The summed E-state index contributed by atoms with van der Waals surface area (Å²) < 4.78 is 2.67. The molecule has 0 unspecified atom stereocenters. The van der Waals surface area contributed by atoms with Gasteiger partial charge in [-0.15, -0.1) is 0 Å². The number of aromatic nitrogens is 3. The summed E-state index contributed by atoms with van der Waals surface area (Å²) in [4.78, 5) is 19.6. The van der Waals surface area contributed by atoms with Gasteiger partial charge in [0.15, 0.2) is 5.69 Å². The zero-order valence-electron chi connectivity index (χ0n) is 10.5. The van der Waals surface area contributed by atoms with Gasteiger partial charge in [-0.25, -0.2) is 14.8 Å². The first-order chi connectivity index (χ1) is 9.56. The quantitative estimate of drug-likeness (QED) is 0.783. The molecule has 5 nitrogen and oxygen atoms in total. The summed E-state index contributed by atoms with van der Waals surface area (Å²) in [7, 11) is 0. The van der Waals surface area contributed by atoms with Gasteiger partial charge in [0.2, 0.25) is 0 Å². The van der Waals surface area contributed by atoms with Gasteiger partial charge in [0, 0.05) is 22.4 Å². The van der Waals surface area contributed by atoms with Crippen LogP contribution in [-0.4, -0.2) is 25.4 Å². The molecule has 0 amide bonds. The average Bonchev–Trinajstić information content (AvgIpc) is 2.87. The number of hydrogen-bond acceptors (Lipinski definition) is 3. The molecule has 2 aromatic heterocycles. The Morgan fingerprint density at radius 1 is 1.30 bits per heavy atom. The fourth-order valence-electron chi connectivity index (χ4n) is 2.03. The number of hydrogen-bond donors (Lipinski definition) is 1. The Bertz CT molecular complexity index is 809. The Balaban J connectivity index is 2.28. The number of benzene rings is 1. The first-order valence-electron chi connectivity index (χ1n) is 5.90. The van der Waals surface area contributed by atoms with E-state index in [1.165, 1.54) is 6.20 Å². The van der Waals surface area contributed by atoms with Gasteiger partial charge in [0.05, 0.1) is 0 Å². The maximum absolute atomic E-state index is 11.1. The molecule has 0 saturated heterocycles. The lowest BCUT2D eigenvalue weighted by Gasteiger charge is -2.05. The monoisotopic (exact) mass is 331 g/mol. The van der Waals surface area contributed by atoms with E-state index in [0.717, 1.165) is 15.6 Å². The highest BCUT2D eigenvalue weighted by atomic mass is 79.9. The number of aromatic carboxylic acids is 1. The number of halogens is 1. The second-order valence-corrected chi connectivity index (χ2v) is 5.27.